The Kier molecular flexibility index (Phi) is 6.92. The van der Waals surface area contributed by atoms with E-state index in [1.54, 1.807) is 18.9 Å². The van der Waals surface area contributed by atoms with Gasteiger partial charge in [0.1, 0.15) is 17.3 Å². The largest absolute Gasteiger partial charge is 0.497 e. The maximum Gasteiger partial charge on any atom is 0.217 e. The van der Waals surface area contributed by atoms with E-state index < -0.39 is 0 Å². The van der Waals surface area contributed by atoms with Gasteiger partial charge < -0.3 is 19.8 Å². The van der Waals surface area contributed by atoms with Crippen LogP contribution < -0.4 is 15.2 Å². The number of carbonyl (C=O) groups excluding carboxylic acids is 1. The first-order valence-electron chi connectivity index (χ1n) is 7.66. The zero-order valence-corrected chi connectivity index (χ0v) is 14.7. The molecule has 8 heteroatoms. The molecule has 1 aromatic heterocycles. The van der Waals surface area contributed by atoms with Gasteiger partial charge in [-0.15, -0.1) is 10.2 Å². The molecule has 1 heterocycles. The van der Waals surface area contributed by atoms with E-state index in [-0.39, 0.29) is 12.3 Å². The zero-order chi connectivity index (χ0) is 17.4. The molecule has 0 saturated carbocycles. The fourth-order valence-electron chi connectivity index (χ4n) is 2.01. The Morgan fingerprint density at radius 3 is 2.62 bits per heavy atom. The number of rotatable bonds is 10. The van der Waals surface area contributed by atoms with E-state index in [0.29, 0.717) is 13.0 Å². The third-order valence-corrected chi connectivity index (χ3v) is 4.47. The molecule has 0 aliphatic heterocycles. The van der Waals surface area contributed by atoms with Gasteiger partial charge in [-0.1, -0.05) is 11.8 Å². The van der Waals surface area contributed by atoms with Crippen molar-refractivity contribution in [3.05, 3.63) is 30.1 Å². The molecule has 1 amide bonds. The van der Waals surface area contributed by atoms with Crippen LogP contribution in [0.2, 0.25) is 0 Å². The summed E-state index contributed by atoms with van der Waals surface area (Å²) in [5.74, 6) is 2.95. The fraction of sp³-hybridized carbons (Fsp3) is 0.438. The summed E-state index contributed by atoms with van der Waals surface area (Å²) in [7, 11) is 3.53. The van der Waals surface area contributed by atoms with Gasteiger partial charge in [0.15, 0.2) is 5.16 Å². The third kappa shape index (κ3) is 5.45. The highest BCUT2D eigenvalue weighted by Gasteiger charge is 2.09. The quantitative estimate of drug-likeness (QED) is 0.519. The second-order valence-corrected chi connectivity index (χ2v) is 6.21. The minimum Gasteiger partial charge on any atom is -0.497 e. The molecule has 0 aliphatic rings. The lowest BCUT2D eigenvalue weighted by molar-refractivity contribution is -0.118. The van der Waals surface area contributed by atoms with Crippen LogP contribution in [0.15, 0.2) is 29.4 Å². The highest BCUT2D eigenvalue weighted by molar-refractivity contribution is 7.99. The summed E-state index contributed by atoms with van der Waals surface area (Å²) in [6.45, 7) is 0.631. The lowest BCUT2D eigenvalue weighted by Gasteiger charge is -2.07. The molecule has 0 bridgehead atoms. The van der Waals surface area contributed by atoms with Crippen molar-refractivity contribution in [3.63, 3.8) is 0 Å². The maximum atomic E-state index is 10.8. The van der Waals surface area contributed by atoms with Crippen molar-refractivity contribution in [2.75, 3.05) is 19.5 Å². The van der Waals surface area contributed by atoms with Crippen molar-refractivity contribution in [1.29, 1.82) is 0 Å². The Morgan fingerprint density at radius 2 is 1.96 bits per heavy atom. The number of nitrogens with two attached hydrogens (primary N) is 1. The van der Waals surface area contributed by atoms with Crippen LogP contribution in [0.5, 0.6) is 11.5 Å². The molecule has 0 fully saturated rings. The molecule has 0 spiro atoms. The summed E-state index contributed by atoms with van der Waals surface area (Å²) in [4.78, 5) is 10.8. The summed E-state index contributed by atoms with van der Waals surface area (Å²) < 4.78 is 12.7. The molecule has 0 unspecified atom stereocenters. The summed E-state index contributed by atoms with van der Waals surface area (Å²) in [5.41, 5.74) is 5.15. The Morgan fingerprint density at radius 1 is 1.25 bits per heavy atom. The number of methoxy groups -OCH3 is 1. The topological polar surface area (TPSA) is 92.3 Å². The summed E-state index contributed by atoms with van der Waals surface area (Å²) >= 11 is 1.62. The van der Waals surface area contributed by atoms with Crippen molar-refractivity contribution < 1.29 is 14.3 Å². The van der Waals surface area contributed by atoms with Crippen molar-refractivity contribution in [2.24, 2.45) is 12.8 Å². The smallest absolute Gasteiger partial charge is 0.217 e. The molecule has 0 aliphatic carbocycles. The van der Waals surface area contributed by atoms with Gasteiger partial charge in [-0.25, -0.2) is 0 Å². The lowest BCUT2D eigenvalue weighted by Crippen LogP contribution is -2.12. The Labute approximate surface area is 145 Å². The zero-order valence-electron chi connectivity index (χ0n) is 13.9. The molecule has 2 aromatic rings. The molecule has 130 valence electrons. The number of aromatic nitrogens is 3. The van der Waals surface area contributed by atoms with E-state index in [4.69, 9.17) is 15.2 Å². The second kappa shape index (κ2) is 9.17. The number of amides is 1. The van der Waals surface area contributed by atoms with E-state index in [1.807, 2.05) is 35.9 Å². The Balaban J connectivity index is 1.69. The number of hydrogen-bond donors (Lipinski definition) is 1. The number of thioether (sulfide) groups is 1. The van der Waals surface area contributed by atoms with Gasteiger partial charge >= 0.3 is 0 Å². The number of nitrogens with zero attached hydrogens (tertiary/aromatic N) is 3. The average Bonchev–Trinajstić information content (AvgIpc) is 2.93. The van der Waals surface area contributed by atoms with Gasteiger partial charge in [0.05, 0.1) is 13.7 Å². The first kappa shape index (κ1) is 18.1. The predicted octanol–water partition coefficient (Wildman–Crippen LogP) is 1.80. The number of aryl methyl sites for hydroxylation is 1. The second-order valence-electron chi connectivity index (χ2n) is 5.15. The van der Waals surface area contributed by atoms with Crippen molar-refractivity contribution >= 4 is 17.7 Å². The fourth-order valence-corrected chi connectivity index (χ4v) is 2.85. The predicted molar refractivity (Wildman–Crippen MR) is 92.3 cm³/mol. The monoisotopic (exact) mass is 350 g/mol. The van der Waals surface area contributed by atoms with Crippen molar-refractivity contribution in [1.82, 2.24) is 14.8 Å². The summed E-state index contributed by atoms with van der Waals surface area (Å²) in [6.07, 6.45) is 1.69. The van der Waals surface area contributed by atoms with Crippen LogP contribution in [0.25, 0.3) is 0 Å². The average molecular weight is 350 g/mol. The minimum absolute atomic E-state index is 0.284. The molecule has 2 N–H and O–H groups in total. The third-order valence-electron chi connectivity index (χ3n) is 3.37. The van der Waals surface area contributed by atoms with Crippen molar-refractivity contribution in [3.8, 4) is 11.5 Å². The molecule has 2 rings (SSSR count). The first-order chi connectivity index (χ1) is 11.6. The van der Waals surface area contributed by atoms with Crippen LogP contribution in [-0.2, 0) is 18.3 Å². The van der Waals surface area contributed by atoms with Crippen LogP contribution in [0.1, 0.15) is 18.7 Å². The Hall–Kier alpha value is -2.22. The maximum absolute atomic E-state index is 10.8. The Bertz CT molecular complexity index is 658. The van der Waals surface area contributed by atoms with E-state index >= 15 is 0 Å². The van der Waals surface area contributed by atoms with Gasteiger partial charge in [-0.05, 0) is 30.7 Å². The number of ether oxygens (including phenoxy) is 2. The van der Waals surface area contributed by atoms with Crippen LogP contribution in [-0.4, -0.2) is 40.1 Å². The molecule has 7 nitrogen and oxygen atoms in total. The lowest BCUT2D eigenvalue weighted by atomic mass is 10.3. The van der Waals surface area contributed by atoms with Crippen molar-refractivity contribution in [2.45, 2.75) is 24.4 Å². The highest BCUT2D eigenvalue weighted by Crippen LogP contribution is 2.19. The molecule has 0 saturated heterocycles. The van der Waals surface area contributed by atoms with Gasteiger partial charge in [0.25, 0.3) is 0 Å². The molecular weight excluding hydrogens is 328 g/mol. The molecule has 1 aromatic carbocycles. The summed E-state index contributed by atoms with van der Waals surface area (Å²) in [6, 6.07) is 7.52. The number of carbonyl (C=O) groups is 1. The molecule has 0 atom stereocenters. The van der Waals surface area contributed by atoms with E-state index in [1.165, 1.54) is 0 Å². The van der Waals surface area contributed by atoms with Crippen LogP contribution in [0, 0.1) is 0 Å². The SMILES string of the molecule is COc1ccc(OCCCSc2nnc(CCC(N)=O)n2C)cc1. The number of primary amides is 1. The van der Waals surface area contributed by atoms with Gasteiger partial charge in [0, 0.05) is 25.6 Å². The first-order valence-corrected chi connectivity index (χ1v) is 8.65. The number of benzene rings is 1. The van der Waals surface area contributed by atoms with E-state index in [2.05, 4.69) is 10.2 Å². The molecular formula is C16H22N4O3S. The number of hydrogen-bond acceptors (Lipinski definition) is 6. The van der Waals surface area contributed by atoms with Crippen LogP contribution in [0.4, 0.5) is 0 Å². The van der Waals surface area contributed by atoms with E-state index in [0.717, 1.165) is 34.7 Å². The van der Waals surface area contributed by atoms with E-state index in [9.17, 15) is 4.79 Å². The van der Waals surface area contributed by atoms with Gasteiger partial charge in [-0.2, -0.15) is 0 Å². The summed E-state index contributed by atoms with van der Waals surface area (Å²) in [5, 5.41) is 9.06. The van der Waals surface area contributed by atoms with Gasteiger partial charge in [0.2, 0.25) is 5.91 Å². The van der Waals surface area contributed by atoms with Crippen LogP contribution in [0.3, 0.4) is 0 Å². The van der Waals surface area contributed by atoms with Crippen LogP contribution >= 0.6 is 11.8 Å². The minimum atomic E-state index is -0.331. The standard InChI is InChI=1S/C16H22N4O3S/c1-20-15(9-8-14(17)21)18-19-16(20)24-11-3-10-23-13-6-4-12(22-2)5-7-13/h4-7H,3,8-11H2,1-2H3,(H2,17,21). The molecule has 0 radical (unpaired) electrons. The molecule has 24 heavy (non-hydrogen) atoms. The highest BCUT2D eigenvalue weighted by atomic mass is 32.2. The van der Waals surface area contributed by atoms with Gasteiger partial charge in [-0.3, -0.25) is 4.79 Å². The normalized spacial score (nSPS) is 10.6.